The van der Waals surface area contributed by atoms with Gasteiger partial charge in [0.05, 0.1) is 11.9 Å². The Kier molecular flexibility index (Phi) is 5.50. The molecule has 0 bridgehead atoms. The maximum Gasteiger partial charge on any atom is 0.268 e. The van der Waals surface area contributed by atoms with Gasteiger partial charge in [0.2, 0.25) is 0 Å². The molecular weight excluding hydrogens is 213 g/mol. The van der Waals surface area contributed by atoms with Gasteiger partial charge in [0.1, 0.15) is 0 Å². The monoisotopic (exact) mass is 223 g/mol. The van der Waals surface area contributed by atoms with Crippen molar-refractivity contribution in [2.75, 3.05) is 17.7 Å². The minimum atomic E-state index is -0.130. The van der Waals surface area contributed by atoms with Crippen LogP contribution in [0.25, 0.3) is 0 Å². The van der Waals surface area contributed by atoms with E-state index in [1.807, 2.05) is 0 Å². The molecule has 6 heteroatoms. The molecule has 0 saturated heterocycles. The lowest BCUT2D eigenvalue weighted by molar-refractivity contribution is 0.708. The van der Waals surface area contributed by atoms with E-state index in [-0.39, 0.29) is 18.0 Å². The minimum Gasteiger partial charge on any atom is -0.382 e. The van der Waals surface area contributed by atoms with Crippen molar-refractivity contribution in [1.82, 2.24) is 9.78 Å². The first-order chi connectivity index (χ1) is 5.74. The summed E-state index contributed by atoms with van der Waals surface area (Å²) in [6.45, 7) is 0.635. The normalized spacial score (nSPS) is 9.08. The molecule has 0 spiro atoms. The highest BCUT2D eigenvalue weighted by atomic mass is 35.5. The summed E-state index contributed by atoms with van der Waals surface area (Å²) in [5.41, 5.74) is 0.577. The molecule has 1 N–H and O–H groups in total. The van der Waals surface area contributed by atoms with Crippen LogP contribution in [0.3, 0.4) is 0 Å². The number of nitrogens with zero attached hydrogens (tertiary/aromatic N) is 2. The summed E-state index contributed by atoms with van der Waals surface area (Å²) in [6.07, 6.45) is 1.59. The van der Waals surface area contributed by atoms with Gasteiger partial charge in [-0.15, -0.1) is 24.0 Å². The standard InChI is InChI=1S/C7H10ClN3O.ClH/c1-11-7(12)4-6(5-10-11)9-3-2-8;/h4-5,9H,2-3H2,1H3;1H. The molecule has 0 radical (unpaired) electrons. The number of aromatic nitrogens is 2. The Morgan fingerprint density at radius 2 is 2.38 bits per heavy atom. The number of hydrogen-bond donors (Lipinski definition) is 1. The molecule has 4 nitrogen and oxygen atoms in total. The zero-order valence-electron chi connectivity index (χ0n) is 7.16. The van der Waals surface area contributed by atoms with Crippen molar-refractivity contribution in [2.45, 2.75) is 0 Å². The van der Waals surface area contributed by atoms with E-state index in [1.165, 1.54) is 10.7 Å². The number of aryl methyl sites for hydroxylation is 1. The largest absolute Gasteiger partial charge is 0.382 e. The molecule has 0 atom stereocenters. The van der Waals surface area contributed by atoms with Gasteiger partial charge < -0.3 is 5.32 Å². The molecule has 1 rings (SSSR count). The van der Waals surface area contributed by atoms with Gasteiger partial charge >= 0.3 is 0 Å². The van der Waals surface area contributed by atoms with Gasteiger partial charge in [-0.3, -0.25) is 4.79 Å². The van der Waals surface area contributed by atoms with Crippen LogP contribution in [-0.2, 0) is 7.05 Å². The number of halogens is 2. The molecule has 1 heterocycles. The zero-order chi connectivity index (χ0) is 8.97. The Hall–Kier alpha value is -0.740. The minimum absolute atomic E-state index is 0. The number of alkyl halides is 1. The molecule has 0 amide bonds. The SMILES string of the molecule is Cl.Cn1ncc(NCCCl)cc1=O. The molecule has 0 saturated carbocycles. The third kappa shape index (κ3) is 3.65. The molecule has 0 aromatic carbocycles. The Bertz CT molecular complexity index is 313. The third-order valence-electron chi connectivity index (χ3n) is 1.39. The summed E-state index contributed by atoms with van der Waals surface area (Å²) >= 11 is 5.46. The van der Waals surface area contributed by atoms with Gasteiger partial charge in [0.25, 0.3) is 5.56 Å². The Morgan fingerprint density at radius 1 is 1.69 bits per heavy atom. The second-order valence-corrected chi connectivity index (χ2v) is 2.70. The van der Waals surface area contributed by atoms with Crippen LogP contribution in [0, 0.1) is 0 Å². The summed E-state index contributed by atoms with van der Waals surface area (Å²) in [7, 11) is 1.60. The van der Waals surface area contributed by atoms with Crippen LogP contribution in [0.2, 0.25) is 0 Å². The fourth-order valence-corrected chi connectivity index (χ4v) is 0.852. The van der Waals surface area contributed by atoms with Crippen molar-refractivity contribution >= 4 is 29.7 Å². The molecular formula is C7H11Cl2N3O. The molecule has 1 aromatic rings. The van der Waals surface area contributed by atoms with Crippen molar-refractivity contribution in [2.24, 2.45) is 7.05 Å². The van der Waals surface area contributed by atoms with E-state index >= 15 is 0 Å². The number of anilines is 1. The van der Waals surface area contributed by atoms with Crippen LogP contribution in [0.5, 0.6) is 0 Å². The van der Waals surface area contributed by atoms with Crippen LogP contribution < -0.4 is 10.9 Å². The average molecular weight is 224 g/mol. The Balaban J connectivity index is 0.00000144. The predicted molar refractivity (Wildman–Crippen MR) is 55.9 cm³/mol. The molecule has 0 fully saturated rings. The number of nitrogens with one attached hydrogen (secondary N) is 1. The molecule has 13 heavy (non-hydrogen) atoms. The van der Waals surface area contributed by atoms with Crippen LogP contribution in [-0.4, -0.2) is 22.2 Å². The first kappa shape index (κ1) is 12.3. The van der Waals surface area contributed by atoms with E-state index in [0.717, 1.165) is 0 Å². The number of hydrogen-bond acceptors (Lipinski definition) is 3. The van der Waals surface area contributed by atoms with Crippen LogP contribution in [0.1, 0.15) is 0 Å². The van der Waals surface area contributed by atoms with Gasteiger partial charge in [-0.05, 0) is 0 Å². The zero-order valence-corrected chi connectivity index (χ0v) is 8.73. The summed E-state index contributed by atoms with van der Waals surface area (Å²) < 4.78 is 1.27. The molecule has 74 valence electrons. The lowest BCUT2D eigenvalue weighted by Gasteiger charge is -2.02. The lowest BCUT2D eigenvalue weighted by atomic mass is 10.4. The highest BCUT2D eigenvalue weighted by molar-refractivity contribution is 6.18. The van der Waals surface area contributed by atoms with Gasteiger partial charge in [-0.2, -0.15) is 5.10 Å². The van der Waals surface area contributed by atoms with Gasteiger partial charge in [-0.1, -0.05) is 0 Å². The summed E-state index contributed by atoms with van der Waals surface area (Å²) in [5, 5.41) is 6.78. The third-order valence-corrected chi connectivity index (χ3v) is 1.58. The number of rotatable bonds is 3. The van der Waals surface area contributed by atoms with Gasteiger partial charge in [0, 0.05) is 25.5 Å². The highest BCUT2D eigenvalue weighted by Gasteiger charge is 1.94. The first-order valence-corrected chi connectivity index (χ1v) is 4.10. The fourth-order valence-electron chi connectivity index (χ4n) is 0.758. The molecule has 1 aromatic heterocycles. The molecule has 0 unspecified atom stereocenters. The Morgan fingerprint density at radius 3 is 2.92 bits per heavy atom. The van der Waals surface area contributed by atoms with E-state index in [2.05, 4.69) is 10.4 Å². The summed E-state index contributed by atoms with van der Waals surface area (Å²) in [4.78, 5) is 11.0. The average Bonchev–Trinajstić information content (AvgIpc) is 2.07. The van der Waals surface area contributed by atoms with Gasteiger partial charge in [0.15, 0.2) is 0 Å². The van der Waals surface area contributed by atoms with Crippen LogP contribution >= 0.6 is 24.0 Å². The molecule has 0 aliphatic heterocycles. The lowest BCUT2D eigenvalue weighted by Crippen LogP contribution is -2.19. The van der Waals surface area contributed by atoms with E-state index < -0.39 is 0 Å². The first-order valence-electron chi connectivity index (χ1n) is 3.57. The highest BCUT2D eigenvalue weighted by Crippen LogP contribution is 1.97. The van der Waals surface area contributed by atoms with Crippen LogP contribution in [0.4, 0.5) is 5.69 Å². The molecule has 0 aliphatic rings. The summed E-state index contributed by atoms with van der Waals surface area (Å²) in [6, 6.07) is 1.49. The van der Waals surface area contributed by atoms with Gasteiger partial charge in [-0.25, -0.2) is 4.68 Å². The van der Waals surface area contributed by atoms with Crippen molar-refractivity contribution in [1.29, 1.82) is 0 Å². The summed E-state index contributed by atoms with van der Waals surface area (Å²) in [5.74, 6) is 0.509. The maximum absolute atomic E-state index is 11.0. The van der Waals surface area contributed by atoms with Crippen molar-refractivity contribution in [3.8, 4) is 0 Å². The van der Waals surface area contributed by atoms with E-state index in [9.17, 15) is 4.79 Å². The van der Waals surface area contributed by atoms with E-state index in [1.54, 1.807) is 13.2 Å². The second-order valence-electron chi connectivity index (χ2n) is 2.32. The topological polar surface area (TPSA) is 46.9 Å². The Labute approximate surface area is 87.3 Å². The molecule has 0 aliphatic carbocycles. The quantitative estimate of drug-likeness (QED) is 0.774. The smallest absolute Gasteiger partial charge is 0.268 e. The van der Waals surface area contributed by atoms with Crippen molar-refractivity contribution < 1.29 is 0 Å². The predicted octanol–water partition coefficient (Wildman–Crippen LogP) is 0.853. The van der Waals surface area contributed by atoms with Crippen LogP contribution in [0.15, 0.2) is 17.1 Å². The maximum atomic E-state index is 11.0. The van der Waals surface area contributed by atoms with Crippen molar-refractivity contribution in [3.63, 3.8) is 0 Å². The fraction of sp³-hybridized carbons (Fsp3) is 0.429. The van der Waals surface area contributed by atoms with E-state index in [0.29, 0.717) is 18.1 Å². The van der Waals surface area contributed by atoms with E-state index in [4.69, 9.17) is 11.6 Å². The van der Waals surface area contributed by atoms with Crippen molar-refractivity contribution in [3.05, 3.63) is 22.6 Å². The second kappa shape index (κ2) is 5.83.